The molecule has 2 rings (SSSR count). The van der Waals surface area contributed by atoms with Gasteiger partial charge in [-0.25, -0.2) is 4.98 Å². The van der Waals surface area contributed by atoms with Crippen molar-refractivity contribution in [2.45, 2.75) is 42.6 Å². The molecule has 0 amide bonds. The van der Waals surface area contributed by atoms with E-state index >= 15 is 0 Å². The highest BCUT2D eigenvalue weighted by Gasteiger charge is 2.28. The van der Waals surface area contributed by atoms with Gasteiger partial charge in [0.25, 0.3) is 0 Å². The molecule has 3 atom stereocenters. The number of aromatic nitrogens is 2. The van der Waals surface area contributed by atoms with Gasteiger partial charge in [0.05, 0.1) is 0 Å². The van der Waals surface area contributed by atoms with Crippen molar-refractivity contribution in [2.24, 2.45) is 5.92 Å². The van der Waals surface area contributed by atoms with Crippen LogP contribution in [0.15, 0.2) is 17.6 Å². The second-order valence-electron chi connectivity index (χ2n) is 4.36. The molecule has 1 fully saturated rings. The average Bonchev–Trinajstić information content (AvgIpc) is 2.71. The Morgan fingerprint density at radius 2 is 2.40 bits per heavy atom. The topological polar surface area (TPSA) is 40.7 Å². The zero-order chi connectivity index (χ0) is 10.7. The molecule has 2 N–H and O–H groups in total. The van der Waals surface area contributed by atoms with Crippen LogP contribution in [0.3, 0.4) is 0 Å². The van der Waals surface area contributed by atoms with Crippen molar-refractivity contribution < 1.29 is 0 Å². The first-order valence-electron chi connectivity index (χ1n) is 5.63. The van der Waals surface area contributed by atoms with E-state index in [1.54, 1.807) is 0 Å². The summed E-state index contributed by atoms with van der Waals surface area (Å²) in [6.45, 7) is 2.35. The van der Waals surface area contributed by atoms with Crippen molar-refractivity contribution in [1.29, 1.82) is 0 Å². The fourth-order valence-electron chi connectivity index (χ4n) is 2.25. The lowest BCUT2D eigenvalue weighted by Crippen LogP contribution is -2.40. The Morgan fingerprint density at radius 3 is 3.07 bits per heavy atom. The first kappa shape index (κ1) is 11.0. The third-order valence-corrected chi connectivity index (χ3v) is 4.43. The number of imidazole rings is 1. The van der Waals surface area contributed by atoms with Crippen molar-refractivity contribution in [3.05, 3.63) is 12.4 Å². The standard InChI is InChI=1S/C11H19N3S/c1-8-3-4-9(12-2)10(7-8)15-11-13-5-6-14-11/h5-6,8-10,12H,3-4,7H2,1-2H3,(H,13,14). The highest BCUT2D eigenvalue weighted by molar-refractivity contribution is 7.99. The Labute approximate surface area is 95.4 Å². The summed E-state index contributed by atoms with van der Waals surface area (Å²) in [5.74, 6) is 0.849. The molecule has 1 aliphatic rings. The highest BCUT2D eigenvalue weighted by Crippen LogP contribution is 2.34. The fraction of sp³-hybridized carbons (Fsp3) is 0.727. The summed E-state index contributed by atoms with van der Waals surface area (Å²) in [7, 11) is 2.07. The second kappa shape index (κ2) is 5.03. The molecule has 4 heteroatoms. The smallest absolute Gasteiger partial charge is 0.165 e. The normalized spacial score (nSPS) is 31.7. The van der Waals surface area contributed by atoms with Gasteiger partial charge in [-0.05, 0) is 32.2 Å². The van der Waals surface area contributed by atoms with E-state index in [0.29, 0.717) is 11.3 Å². The van der Waals surface area contributed by atoms with E-state index in [2.05, 4.69) is 29.3 Å². The summed E-state index contributed by atoms with van der Waals surface area (Å²) < 4.78 is 0. The van der Waals surface area contributed by atoms with E-state index in [4.69, 9.17) is 0 Å². The molecule has 0 aromatic carbocycles. The zero-order valence-corrected chi connectivity index (χ0v) is 10.2. The van der Waals surface area contributed by atoms with Crippen LogP contribution >= 0.6 is 11.8 Å². The predicted octanol–water partition coefficient (Wildman–Crippen LogP) is 2.28. The summed E-state index contributed by atoms with van der Waals surface area (Å²) in [6.07, 6.45) is 7.64. The van der Waals surface area contributed by atoms with Gasteiger partial charge < -0.3 is 10.3 Å². The van der Waals surface area contributed by atoms with Gasteiger partial charge in [0.2, 0.25) is 0 Å². The second-order valence-corrected chi connectivity index (χ2v) is 5.59. The van der Waals surface area contributed by atoms with Crippen molar-refractivity contribution >= 4 is 11.8 Å². The van der Waals surface area contributed by atoms with Crippen LogP contribution < -0.4 is 5.32 Å². The average molecular weight is 225 g/mol. The van der Waals surface area contributed by atoms with Crippen LogP contribution in [-0.4, -0.2) is 28.3 Å². The third-order valence-electron chi connectivity index (χ3n) is 3.16. The van der Waals surface area contributed by atoms with Crippen LogP contribution in [0.2, 0.25) is 0 Å². The van der Waals surface area contributed by atoms with Gasteiger partial charge >= 0.3 is 0 Å². The summed E-state index contributed by atoms with van der Waals surface area (Å²) in [4.78, 5) is 7.45. The molecule has 0 saturated heterocycles. The summed E-state index contributed by atoms with van der Waals surface area (Å²) in [5.41, 5.74) is 0. The number of thioether (sulfide) groups is 1. The summed E-state index contributed by atoms with van der Waals surface area (Å²) >= 11 is 1.88. The minimum absolute atomic E-state index is 0.635. The Balaban J connectivity index is 1.98. The Bertz CT molecular complexity index is 286. The monoisotopic (exact) mass is 225 g/mol. The number of nitrogens with zero attached hydrogens (tertiary/aromatic N) is 1. The van der Waals surface area contributed by atoms with E-state index in [1.165, 1.54) is 19.3 Å². The minimum atomic E-state index is 0.635. The maximum Gasteiger partial charge on any atom is 0.165 e. The van der Waals surface area contributed by atoms with Gasteiger partial charge in [0, 0.05) is 23.7 Å². The van der Waals surface area contributed by atoms with E-state index in [1.807, 2.05) is 24.2 Å². The molecule has 0 aliphatic heterocycles. The SMILES string of the molecule is CNC1CCC(C)CC1Sc1ncc[nH]1. The van der Waals surface area contributed by atoms with Crippen LogP contribution in [0.25, 0.3) is 0 Å². The Morgan fingerprint density at radius 1 is 1.53 bits per heavy atom. The molecule has 3 unspecified atom stereocenters. The molecule has 1 heterocycles. The lowest BCUT2D eigenvalue weighted by molar-refractivity contribution is 0.329. The third kappa shape index (κ3) is 2.75. The first-order valence-corrected chi connectivity index (χ1v) is 6.51. The molecule has 1 aromatic rings. The molecular weight excluding hydrogens is 206 g/mol. The fourth-order valence-corrected chi connectivity index (χ4v) is 3.65. The molecular formula is C11H19N3S. The lowest BCUT2D eigenvalue weighted by Gasteiger charge is -2.33. The van der Waals surface area contributed by atoms with E-state index in [0.717, 1.165) is 11.1 Å². The van der Waals surface area contributed by atoms with Gasteiger partial charge in [-0.15, -0.1) is 0 Å². The summed E-state index contributed by atoms with van der Waals surface area (Å²) in [6, 6.07) is 0.635. The minimum Gasteiger partial charge on any atom is -0.340 e. The van der Waals surface area contributed by atoms with Crippen molar-refractivity contribution in [3.63, 3.8) is 0 Å². The van der Waals surface area contributed by atoms with Crippen LogP contribution in [0.4, 0.5) is 0 Å². The molecule has 1 saturated carbocycles. The van der Waals surface area contributed by atoms with Crippen LogP contribution in [0.1, 0.15) is 26.2 Å². The number of hydrogen-bond acceptors (Lipinski definition) is 3. The van der Waals surface area contributed by atoms with Gasteiger partial charge in [0.1, 0.15) is 0 Å². The van der Waals surface area contributed by atoms with E-state index in [-0.39, 0.29) is 0 Å². The molecule has 3 nitrogen and oxygen atoms in total. The maximum atomic E-state index is 4.28. The van der Waals surface area contributed by atoms with Gasteiger partial charge in [0.15, 0.2) is 5.16 Å². The summed E-state index contributed by atoms with van der Waals surface area (Å²) in [5, 5.41) is 5.13. The predicted molar refractivity (Wildman–Crippen MR) is 64.1 cm³/mol. The highest BCUT2D eigenvalue weighted by atomic mass is 32.2. The van der Waals surface area contributed by atoms with Crippen LogP contribution in [0, 0.1) is 5.92 Å². The quantitative estimate of drug-likeness (QED) is 0.829. The molecule has 84 valence electrons. The van der Waals surface area contributed by atoms with Crippen LogP contribution in [-0.2, 0) is 0 Å². The van der Waals surface area contributed by atoms with Crippen molar-refractivity contribution in [2.75, 3.05) is 7.05 Å². The van der Waals surface area contributed by atoms with Gasteiger partial charge in [-0.1, -0.05) is 18.7 Å². The molecule has 0 spiro atoms. The molecule has 1 aromatic heterocycles. The van der Waals surface area contributed by atoms with Crippen molar-refractivity contribution in [3.8, 4) is 0 Å². The van der Waals surface area contributed by atoms with Gasteiger partial charge in [-0.2, -0.15) is 0 Å². The number of H-pyrrole nitrogens is 1. The number of rotatable bonds is 3. The molecule has 15 heavy (non-hydrogen) atoms. The zero-order valence-electron chi connectivity index (χ0n) is 9.36. The number of aromatic amines is 1. The Hall–Kier alpha value is -0.480. The number of nitrogens with one attached hydrogen (secondary N) is 2. The maximum absolute atomic E-state index is 4.28. The molecule has 0 radical (unpaired) electrons. The molecule has 0 bridgehead atoms. The molecule has 1 aliphatic carbocycles. The van der Waals surface area contributed by atoms with E-state index < -0.39 is 0 Å². The van der Waals surface area contributed by atoms with Crippen LogP contribution in [0.5, 0.6) is 0 Å². The first-order chi connectivity index (χ1) is 7.29. The lowest BCUT2D eigenvalue weighted by atomic mass is 9.87. The van der Waals surface area contributed by atoms with E-state index in [9.17, 15) is 0 Å². The van der Waals surface area contributed by atoms with Crippen molar-refractivity contribution in [1.82, 2.24) is 15.3 Å². The largest absolute Gasteiger partial charge is 0.340 e. The van der Waals surface area contributed by atoms with Gasteiger partial charge in [-0.3, -0.25) is 0 Å². The number of hydrogen-bond donors (Lipinski definition) is 2. The Kier molecular flexibility index (Phi) is 3.70.